The molecule has 0 aliphatic carbocycles. The number of hydrogen-bond acceptors (Lipinski definition) is 5. The van der Waals surface area contributed by atoms with Gasteiger partial charge in [0, 0.05) is 16.3 Å². The van der Waals surface area contributed by atoms with Gasteiger partial charge < -0.3 is 19.6 Å². The molecule has 0 saturated heterocycles. The van der Waals surface area contributed by atoms with Crippen LogP contribution in [0, 0.1) is 6.92 Å². The van der Waals surface area contributed by atoms with Crippen molar-refractivity contribution < 1.29 is 24.2 Å². The number of carbonyl (C=O) groups excluding carboxylic acids is 2. The highest BCUT2D eigenvalue weighted by atomic mass is 16.5. The molecule has 118 valence electrons. The summed E-state index contributed by atoms with van der Waals surface area (Å²) in [6.07, 6.45) is 0. The second-order valence-electron chi connectivity index (χ2n) is 5.13. The first kappa shape index (κ1) is 14.9. The number of nitrogens with one attached hydrogen (secondary N) is 1. The number of phenols is 1. The van der Waals surface area contributed by atoms with E-state index >= 15 is 0 Å². The summed E-state index contributed by atoms with van der Waals surface area (Å²) >= 11 is 0. The van der Waals surface area contributed by atoms with E-state index in [1.54, 1.807) is 6.92 Å². The van der Waals surface area contributed by atoms with Gasteiger partial charge in [0.15, 0.2) is 5.75 Å². The van der Waals surface area contributed by atoms with Gasteiger partial charge in [-0.1, -0.05) is 18.2 Å². The predicted octanol–water partition coefficient (Wildman–Crippen LogP) is 2.91. The minimum absolute atomic E-state index is 0.00843. The summed E-state index contributed by atoms with van der Waals surface area (Å²) in [4.78, 5) is 27.3. The minimum Gasteiger partial charge on any atom is -0.505 e. The van der Waals surface area contributed by atoms with Gasteiger partial charge in [0.1, 0.15) is 5.56 Å². The molecular formula is C17H15NO5. The van der Waals surface area contributed by atoms with Crippen LogP contribution >= 0.6 is 0 Å². The third-order valence-corrected chi connectivity index (χ3v) is 3.96. The number of phenolic OH excluding ortho intramolecular Hbond substituents is 1. The molecule has 3 aromatic rings. The first-order valence-electron chi connectivity index (χ1n) is 6.93. The van der Waals surface area contributed by atoms with Crippen molar-refractivity contribution in [1.82, 2.24) is 4.98 Å². The maximum Gasteiger partial charge on any atom is 0.342 e. The molecule has 3 rings (SSSR count). The molecule has 1 heterocycles. The zero-order chi connectivity index (χ0) is 16.7. The molecule has 23 heavy (non-hydrogen) atoms. The third kappa shape index (κ3) is 2.03. The van der Waals surface area contributed by atoms with Gasteiger partial charge in [0.05, 0.1) is 25.3 Å². The van der Waals surface area contributed by atoms with Crippen LogP contribution in [0.15, 0.2) is 24.3 Å². The van der Waals surface area contributed by atoms with E-state index in [4.69, 9.17) is 9.47 Å². The van der Waals surface area contributed by atoms with E-state index in [0.29, 0.717) is 16.5 Å². The maximum atomic E-state index is 12.2. The quantitative estimate of drug-likeness (QED) is 0.710. The van der Waals surface area contributed by atoms with Crippen LogP contribution < -0.4 is 0 Å². The van der Waals surface area contributed by atoms with Crippen LogP contribution in [0.1, 0.15) is 26.3 Å². The Morgan fingerprint density at radius 3 is 2.30 bits per heavy atom. The molecule has 2 aromatic carbocycles. The largest absolute Gasteiger partial charge is 0.505 e. The molecule has 0 fully saturated rings. The number of aromatic nitrogens is 1. The Bertz CT molecular complexity index is 955. The number of benzene rings is 2. The molecule has 0 aliphatic heterocycles. The summed E-state index contributed by atoms with van der Waals surface area (Å²) < 4.78 is 9.49. The number of esters is 2. The molecule has 0 spiro atoms. The lowest BCUT2D eigenvalue weighted by Crippen LogP contribution is -2.14. The highest BCUT2D eigenvalue weighted by Crippen LogP contribution is 2.39. The Morgan fingerprint density at radius 1 is 1.04 bits per heavy atom. The number of aromatic hydroxyl groups is 1. The second kappa shape index (κ2) is 5.31. The number of ether oxygens (including phenoxy) is 2. The number of H-pyrrole nitrogens is 1. The average Bonchev–Trinajstić information content (AvgIpc) is 2.96. The third-order valence-electron chi connectivity index (χ3n) is 3.96. The number of aryl methyl sites for hydroxylation is 1. The highest BCUT2D eigenvalue weighted by molar-refractivity contribution is 6.18. The first-order chi connectivity index (χ1) is 11.0. The summed E-state index contributed by atoms with van der Waals surface area (Å²) in [7, 11) is 2.41. The molecule has 0 atom stereocenters. The Labute approximate surface area is 131 Å². The Kier molecular flexibility index (Phi) is 3.44. The Balaban J connectivity index is 2.56. The highest BCUT2D eigenvalue weighted by Gasteiger charge is 2.29. The fourth-order valence-electron chi connectivity index (χ4n) is 2.92. The van der Waals surface area contributed by atoms with E-state index in [-0.39, 0.29) is 16.9 Å². The summed E-state index contributed by atoms with van der Waals surface area (Å²) in [6, 6.07) is 7.44. The van der Waals surface area contributed by atoms with Gasteiger partial charge in [0.25, 0.3) is 0 Å². The molecule has 6 heteroatoms. The lowest BCUT2D eigenvalue weighted by Gasteiger charge is -2.13. The van der Waals surface area contributed by atoms with Crippen LogP contribution in [0.3, 0.4) is 0 Å². The van der Waals surface area contributed by atoms with Gasteiger partial charge >= 0.3 is 11.9 Å². The van der Waals surface area contributed by atoms with Crippen molar-refractivity contribution in [3.8, 4) is 5.75 Å². The summed E-state index contributed by atoms with van der Waals surface area (Å²) in [5, 5.41) is 12.1. The standard InChI is InChI=1S/C17H15NO5/c1-8-11-9-6-4-5-7-10(9)18-14(11)15(19)13(17(21)23-3)12(8)16(20)22-2/h4-7,18-19H,1-3H3. The molecule has 0 bridgehead atoms. The van der Waals surface area contributed by atoms with Gasteiger partial charge in [-0.05, 0) is 18.6 Å². The first-order valence-corrected chi connectivity index (χ1v) is 6.93. The number of aromatic amines is 1. The Hall–Kier alpha value is -3.02. The molecule has 0 unspecified atom stereocenters. The fraction of sp³-hybridized carbons (Fsp3) is 0.176. The number of rotatable bonds is 2. The van der Waals surface area contributed by atoms with E-state index in [0.717, 1.165) is 10.9 Å². The van der Waals surface area contributed by atoms with E-state index < -0.39 is 11.9 Å². The molecule has 0 saturated carbocycles. The number of carbonyl (C=O) groups is 2. The second-order valence-corrected chi connectivity index (χ2v) is 5.13. The van der Waals surface area contributed by atoms with Crippen LogP contribution in [0.4, 0.5) is 0 Å². The number of para-hydroxylation sites is 1. The van der Waals surface area contributed by atoms with Crippen molar-refractivity contribution in [2.45, 2.75) is 6.92 Å². The summed E-state index contributed by atoms with van der Waals surface area (Å²) in [5.74, 6) is -1.83. The van der Waals surface area contributed by atoms with Gasteiger partial charge in [0.2, 0.25) is 0 Å². The number of methoxy groups -OCH3 is 2. The van der Waals surface area contributed by atoms with Crippen molar-refractivity contribution in [1.29, 1.82) is 0 Å². The van der Waals surface area contributed by atoms with Gasteiger partial charge in [-0.3, -0.25) is 0 Å². The van der Waals surface area contributed by atoms with E-state index in [9.17, 15) is 14.7 Å². The van der Waals surface area contributed by atoms with Crippen LogP contribution in [-0.4, -0.2) is 36.2 Å². The van der Waals surface area contributed by atoms with Crippen molar-refractivity contribution in [2.75, 3.05) is 14.2 Å². The normalized spacial score (nSPS) is 10.9. The topological polar surface area (TPSA) is 88.6 Å². The Morgan fingerprint density at radius 2 is 1.65 bits per heavy atom. The molecule has 0 radical (unpaired) electrons. The smallest absolute Gasteiger partial charge is 0.342 e. The van der Waals surface area contributed by atoms with Crippen molar-refractivity contribution in [3.05, 3.63) is 41.0 Å². The van der Waals surface area contributed by atoms with E-state index in [1.165, 1.54) is 14.2 Å². The van der Waals surface area contributed by atoms with E-state index in [1.807, 2.05) is 24.3 Å². The van der Waals surface area contributed by atoms with Gasteiger partial charge in [-0.15, -0.1) is 0 Å². The average molecular weight is 313 g/mol. The zero-order valence-electron chi connectivity index (χ0n) is 12.9. The van der Waals surface area contributed by atoms with Crippen molar-refractivity contribution in [2.24, 2.45) is 0 Å². The maximum absolute atomic E-state index is 12.2. The van der Waals surface area contributed by atoms with Crippen LogP contribution in [-0.2, 0) is 9.47 Å². The monoisotopic (exact) mass is 313 g/mol. The lowest BCUT2D eigenvalue weighted by molar-refractivity contribution is 0.0552. The minimum atomic E-state index is -0.799. The van der Waals surface area contributed by atoms with Gasteiger partial charge in [-0.25, -0.2) is 9.59 Å². The molecular weight excluding hydrogens is 298 g/mol. The van der Waals surface area contributed by atoms with Crippen LogP contribution in [0.5, 0.6) is 5.75 Å². The summed E-state index contributed by atoms with van der Waals surface area (Å²) in [5.41, 5.74) is 1.53. The summed E-state index contributed by atoms with van der Waals surface area (Å²) in [6.45, 7) is 1.71. The molecule has 1 aromatic heterocycles. The van der Waals surface area contributed by atoms with Crippen LogP contribution in [0.25, 0.3) is 21.8 Å². The van der Waals surface area contributed by atoms with Crippen molar-refractivity contribution >= 4 is 33.7 Å². The molecule has 6 nitrogen and oxygen atoms in total. The zero-order valence-corrected chi connectivity index (χ0v) is 12.9. The van der Waals surface area contributed by atoms with Crippen LogP contribution in [0.2, 0.25) is 0 Å². The fourth-order valence-corrected chi connectivity index (χ4v) is 2.92. The van der Waals surface area contributed by atoms with Crippen molar-refractivity contribution in [3.63, 3.8) is 0 Å². The molecule has 0 amide bonds. The molecule has 2 N–H and O–H groups in total. The predicted molar refractivity (Wildman–Crippen MR) is 84.9 cm³/mol. The van der Waals surface area contributed by atoms with Gasteiger partial charge in [-0.2, -0.15) is 0 Å². The number of fused-ring (bicyclic) bond motifs is 3. The van der Waals surface area contributed by atoms with E-state index in [2.05, 4.69) is 4.98 Å². The SMILES string of the molecule is COC(=O)c1c(C(=O)OC)c(C)c2c([nH]c3ccccc32)c1O. The molecule has 0 aliphatic rings. The number of hydrogen-bond donors (Lipinski definition) is 2. The lowest BCUT2D eigenvalue weighted by atomic mass is 9.95.